The second kappa shape index (κ2) is 9.04. The minimum atomic E-state index is -0.314. The highest BCUT2D eigenvalue weighted by Gasteiger charge is 2.29. The van der Waals surface area contributed by atoms with Crippen molar-refractivity contribution in [1.29, 1.82) is 0 Å². The van der Waals surface area contributed by atoms with E-state index in [1.807, 2.05) is 17.0 Å². The van der Waals surface area contributed by atoms with Gasteiger partial charge in [-0.25, -0.2) is 9.37 Å². The number of hydrogen-bond acceptors (Lipinski definition) is 7. The number of halogens is 1. The van der Waals surface area contributed by atoms with E-state index in [4.69, 9.17) is 9.26 Å². The SMILES string of the molecule is O=C(c1ccc(N2CCOCC2)nc1)N1CCCC(c2nc(-c3ccc(F)cc3)no2)C1. The molecule has 0 N–H and O–H groups in total. The van der Waals surface area contributed by atoms with Gasteiger partial charge < -0.3 is 19.1 Å². The zero-order chi connectivity index (χ0) is 21.9. The lowest BCUT2D eigenvalue weighted by atomic mass is 9.97. The van der Waals surface area contributed by atoms with Crippen LogP contribution >= 0.6 is 0 Å². The van der Waals surface area contributed by atoms with Crippen LogP contribution in [0.1, 0.15) is 35.0 Å². The number of likely N-dealkylation sites (tertiary alicyclic amines) is 1. The summed E-state index contributed by atoms with van der Waals surface area (Å²) in [6.45, 7) is 4.18. The minimum absolute atomic E-state index is 0.0324. The van der Waals surface area contributed by atoms with Gasteiger partial charge in [-0.1, -0.05) is 5.16 Å². The summed E-state index contributed by atoms with van der Waals surface area (Å²) in [5.41, 5.74) is 1.26. The Balaban J connectivity index is 1.25. The maximum Gasteiger partial charge on any atom is 0.255 e. The molecule has 1 unspecified atom stereocenters. The first-order valence-corrected chi connectivity index (χ1v) is 10.8. The molecule has 3 aromatic rings. The summed E-state index contributed by atoms with van der Waals surface area (Å²) < 4.78 is 24.0. The number of aromatic nitrogens is 3. The standard InChI is InChI=1S/C23H24FN5O3/c24-19-6-3-16(4-7-19)21-26-22(32-27-21)18-2-1-9-29(15-18)23(30)17-5-8-20(25-14-17)28-10-12-31-13-11-28/h3-8,14,18H,1-2,9-13,15H2. The predicted molar refractivity (Wildman–Crippen MR) is 115 cm³/mol. The summed E-state index contributed by atoms with van der Waals surface area (Å²) in [6, 6.07) is 9.70. The Kier molecular flexibility index (Phi) is 5.81. The summed E-state index contributed by atoms with van der Waals surface area (Å²) in [5.74, 6) is 1.39. The number of hydrogen-bond donors (Lipinski definition) is 0. The van der Waals surface area contributed by atoms with Crippen molar-refractivity contribution in [3.05, 3.63) is 59.9 Å². The Morgan fingerprint density at radius 3 is 2.62 bits per heavy atom. The van der Waals surface area contributed by atoms with Gasteiger partial charge in [0.1, 0.15) is 11.6 Å². The molecule has 8 nitrogen and oxygen atoms in total. The Bertz CT molecular complexity index is 1060. The van der Waals surface area contributed by atoms with Crippen molar-refractivity contribution in [3.8, 4) is 11.4 Å². The van der Waals surface area contributed by atoms with Crippen molar-refractivity contribution in [2.45, 2.75) is 18.8 Å². The maximum absolute atomic E-state index is 13.2. The lowest BCUT2D eigenvalue weighted by Gasteiger charge is -2.31. The molecule has 2 aromatic heterocycles. The van der Waals surface area contributed by atoms with E-state index in [9.17, 15) is 9.18 Å². The Hall–Kier alpha value is -3.33. The summed E-state index contributed by atoms with van der Waals surface area (Å²) in [6.07, 6.45) is 3.36. The number of carbonyl (C=O) groups is 1. The van der Waals surface area contributed by atoms with Crippen LogP contribution in [-0.2, 0) is 4.74 Å². The first kappa shape index (κ1) is 20.6. The first-order chi connectivity index (χ1) is 15.7. The first-order valence-electron chi connectivity index (χ1n) is 10.8. The van der Waals surface area contributed by atoms with Crippen molar-refractivity contribution in [2.75, 3.05) is 44.3 Å². The molecule has 1 atom stereocenters. The topological polar surface area (TPSA) is 84.6 Å². The molecule has 0 bridgehead atoms. The lowest BCUT2D eigenvalue weighted by molar-refractivity contribution is 0.0695. The highest BCUT2D eigenvalue weighted by atomic mass is 19.1. The third-order valence-corrected chi connectivity index (χ3v) is 5.93. The summed E-state index contributed by atoms with van der Waals surface area (Å²) >= 11 is 0. The molecule has 1 aromatic carbocycles. The van der Waals surface area contributed by atoms with Crippen LogP contribution in [0, 0.1) is 5.82 Å². The van der Waals surface area contributed by atoms with Crippen LogP contribution in [0.2, 0.25) is 0 Å². The van der Waals surface area contributed by atoms with Gasteiger partial charge in [0, 0.05) is 37.9 Å². The average molecular weight is 437 g/mol. The van der Waals surface area contributed by atoms with Crippen molar-refractivity contribution in [2.24, 2.45) is 0 Å². The second-order valence-electron chi connectivity index (χ2n) is 8.06. The van der Waals surface area contributed by atoms with Gasteiger partial charge in [-0.15, -0.1) is 0 Å². The number of carbonyl (C=O) groups excluding carboxylic acids is 1. The smallest absolute Gasteiger partial charge is 0.255 e. The van der Waals surface area contributed by atoms with Gasteiger partial charge in [-0.3, -0.25) is 4.79 Å². The number of morpholine rings is 1. The van der Waals surface area contributed by atoms with Crippen LogP contribution in [0.15, 0.2) is 47.1 Å². The minimum Gasteiger partial charge on any atom is -0.378 e. The van der Waals surface area contributed by atoms with E-state index in [0.29, 0.717) is 49.1 Å². The van der Waals surface area contributed by atoms with Crippen molar-refractivity contribution in [1.82, 2.24) is 20.0 Å². The number of amides is 1. The van der Waals surface area contributed by atoms with Crippen LogP contribution in [0.4, 0.5) is 10.2 Å². The van der Waals surface area contributed by atoms with Gasteiger partial charge in [0.15, 0.2) is 0 Å². The van der Waals surface area contributed by atoms with E-state index in [1.165, 1.54) is 12.1 Å². The fourth-order valence-electron chi connectivity index (χ4n) is 4.16. The zero-order valence-corrected chi connectivity index (χ0v) is 17.6. The summed E-state index contributed by atoms with van der Waals surface area (Å²) in [7, 11) is 0. The molecule has 0 radical (unpaired) electrons. The van der Waals surface area contributed by atoms with Gasteiger partial charge in [0.2, 0.25) is 11.7 Å². The van der Waals surface area contributed by atoms with E-state index >= 15 is 0 Å². The van der Waals surface area contributed by atoms with Crippen LogP contribution < -0.4 is 4.90 Å². The molecule has 1 amide bonds. The van der Waals surface area contributed by atoms with Gasteiger partial charge in [0.25, 0.3) is 5.91 Å². The van der Waals surface area contributed by atoms with Crippen LogP contribution in [0.25, 0.3) is 11.4 Å². The molecular formula is C23H24FN5O3. The largest absolute Gasteiger partial charge is 0.378 e. The van der Waals surface area contributed by atoms with Gasteiger partial charge >= 0.3 is 0 Å². The molecular weight excluding hydrogens is 413 g/mol. The fraction of sp³-hybridized carbons (Fsp3) is 0.391. The molecule has 4 heterocycles. The Labute approximate surface area is 185 Å². The number of piperidine rings is 1. The highest BCUT2D eigenvalue weighted by molar-refractivity contribution is 5.94. The Morgan fingerprint density at radius 1 is 1.06 bits per heavy atom. The normalized spacial score (nSPS) is 19.2. The monoisotopic (exact) mass is 437 g/mol. The summed E-state index contributed by atoms with van der Waals surface area (Å²) in [5, 5.41) is 4.04. The van der Waals surface area contributed by atoms with Crippen molar-refractivity contribution < 1.29 is 18.4 Å². The zero-order valence-electron chi connectivity index (χ0n) is 17.6. The quantitative estimate of drug-likeness (QED) is 0.620. The Morgan fingerprint density at radius 2 is 1.88 bits per heavy atom. The fourth-order valence-corrected chi connectivity index (χ4v) is 4.16. The third-order valence-electron chi connectivity index (χ3n) is 5.93. The molecule has 2 saturated heterocycles. The molecule has 0 saturated carbocycles. The molecule has 2 aliphatic heterocycles. The molecule has 2 fully saturated rings. The number of nitrogens with zero attached hydrogens (tertiary/aromatic N) is 5. The molecule has 32 heavy (non-hydrogen) atoms. The highest BCUT2D eigenvalue weighted by Crippen LogP contribution is 2.28. The third kappa shape index (κ3) is 4.34. The molecule has 166 valence electrons. The molecule has 2 aliphatic rings. The number of anilines is 1. The number of pyridine rings is 1. The van der Waals surface area contributed by atoms with Crippen molar-refractivity contribution >= 4 is 11.7 Å². The van der Waals surface area contributed by atoms with E-state index in [0.717, 1.165) is 31.7 Å². The van der Waals surface area contributed by atoms with E-state index in [-0.39, 0.29) is 17.6 Å². The van der Waals surface area contributed by atoms with Crippen LogP contribution in [0.3, 0.4) is 0 Å². The van der Waals surface area contributed by atoms with Gasteiger partial charge in [0.05, 0.1) is 24.7 Å². The molecule has 9 heteroatoms. The van der Waals surface area contributed by atoms with E-state index in [2.05, 4.69) is 20.0 Å². The lowest BCUT2D eigenvalue weighted by Crippen LogP contribution is -2.39. The van der Waals surface area contributed by atoms with Gasteiger partial charge in [-0.2, -0.15) is 4.98 Å². The molecule has 0 spiro atoms. The summed E-state index contributed by atoms with van der Waals surface area (Å²) in [4.78, 5) is 26.0. The number of rotatable bonds is 4. The predicted octanol–water partition coefficient (Wildman–Crippen LogP) is 3.13. The van der Waals surface area contributed by atoms with Crippen LogP contribution in [0.5, 0.6) is 0 Å². The van der Waals surface area contributed by atoms with E-state index < -0.39 is 0 Å². The number of benzene rings is 1. The average Bonchev–Trinajstić information content (AvgIpc) is 3.35. The maximum atomic E-state index is 13.2. The van der Waals surface area contributed by atoms with Crippen LogP contribution in [-0.4, -0.2) is 65.3 Å². The van der Waals surface area contributed by atoms with E-state index in [1.54, 1.807) is 18.3 Å². The second-order valence-corrected chi connectivity index (χ2v) is 8.06. The molecule has 0 aliphatic carbocycles. The number of ether oxygens (including phenoxy) is 1. The molecule has 5 rings (SSSR count). The van der Waals surface area contributed by atoms with Crippen molar-refractivity contribution in [3.63, 3.8) is 0 Å². The van der Waals surface area contributed by atoms with Gasteiger partial charge in [-0.05, 0) is 49.2 Å².